The standard InChI is InChI=1S/C9H10N4/c10-5-8-1-2-9(12-6-8)13-4-3-11-7-13/h1-2,6,11H,3-4,7H2. The highest BCUT2D eigenvalue weighted by molar-refractivity contribution is 5.42. The Morgan fingerprint density at radius 3 is 3.00 bits per heavy atom. The first-order valence-corrected chi connectivity index (χ1v) is 4.22. The van der Waals surface area contributed by atoms with Crippen molar-refractivity contribution in [1.82, 2.24) is 10.3 Å². The van der Waals surface area contributed by atoms with Crippen LogP contribution in [0.4, 0.5) is 5.82 Å². The Bertz CT molecular complexity index is 318. The van der Waals surface area contributed by atoms with E-state index in [1.165, 1.54) is 0 Å². The van der Waals surface area contributed by atoms with Gasteiger partial charge >= 0.3 is 0 Å². The molecule has 0 amide bonds. The van der Waals surface area contributed by atoms with E-state index in [9.17, 15) is 0 Å². The van der Waals surface area contributed by atoms with E-state index in [4.69, 9.17) is 5.26 Å². The molecule has 1 aromatic heterocycles. The highest BCUT2D eigenvalue weighted by atomic mass is 15.3. The van der Waals surface area contributed by atoms with Gasteiger partial charge in [-0.2, -0.15) is 5.26 Å². The van der Waals surface area contributed by atoms with E-state index in [-0.39, 0.29) is 0 Å². The summed E-state index contributed by atoms with van der Waals surface area (Å²) >= 11 is 0. The van der Waals surface area contributed by atoms with Gasteiger partial charge in [-0.15, -0.1) is 0 Å². The summed E-state index contributed by atoms with van der Waals surface area (Å²) in [6, 6.07) is 5.72. The maximum atomic E-state index is 8.58. The summed E-state index contributed by atoms with van der Waals surface area (Å²) in [4.78, 5) is 6.33. The van der Waals surface area contributed by atoms with Crippen molar-refractivity contribution < 1.29 is 0 Å². The molecule has 0 radical (unpaired) electrons. The Labute approximate surface area is 76.8 Å². The van der Waals surface area contributed by atoms with Crippen LogP contribution in [-0.2, 0) is 0 Å². The van der Waals surface area contributed by atoms with Crippen LogP contribution >= 0.6 is 0 Å². The lowest BCUT2D eigenvalue weighted by atomic mass is 10.3. The molecule has 0 unspecified atom stereocenters. The first-order chi connectivity index (χ1) is 6.40. The molecule has 1 N–H and O–H groups in total. The number of pyridine rings is 1. The predicted octanol–water partition coefficient (Wildman–Crippen LogP) is 0.320. The fourth-order valence-corrected chi connectivity index (χ4v) is 1.34. The molecule has 1 aliphatic heterocycles. The highest BCUT2D eigenvalue weighted by Crippen LogP contribution is 2.11. The molecule has 4 heteroatoms. The Hall–Kier alpha value is -1.60. The van der Waals surface area contributed by atoms with E-state index >= 15 is 0 Å². The van der Waals surface area contributed by atoms with Gasteiger partial charge in [0.25, 0.3) is 0 Å². The molecule has 0 spiro atoms. The third kappa shape index (κ3) is 1.60. The quantitative estimate of drug-likeness (QED) is 0.666. The fourth-order valence-electron chi connectivity index (χ4n) is 1.34. The zero-order chi connectivity index (χ0) is 9.10. The second kappa shape index (κ2) is 3.42. The number of anilines is 1. The Balaban J connectivity index is 2.18. The highest BCUT2D eigenvalue weighted by Gasteiger charge is 2.11. The van der Waals surface area contributed by atoms with E-state index in [1.54, 1.807) is 12.3 Å². The van der Waals surface area contributed by atoms with Crippen LogP contribution in [0.3, 0.4) is 0 Å². The molecule has 66 valence electrons. The number of rotatable bonds is 1. The first kappa shape index (κ1) is 8.02. The van der Waals surface area contributed by atoms with Crippen LogP contribution < -0.4 is 10.2 Å². The lowest BCUT2D eigenvalue weighted by Crippen LogP contribution is -2.21. The van der Waals surface area contributed by atoms with E-state index < -0.39 is 0 Å². The molecule has 0 aliphatic carbocycles. The molecule has 2 heterocycles. The van der Waals surface area contributed by atoms with Gasteiger partial charge in [0.05, 0.1) is 12.2 Å². The Morgan fingerprint density at radius 2 is 2.46 bits per heavy atom. The van der Waals surface area contributed by atoms with Crippen LogP contribution in [0.5, 0.6) is 0 Å². The molecule has 13 heavy (non-hydrogen) atoms. The minimum absolute atomic E-state index is 0.607. The summed E-state index contributed by atoms with van der Waals surface area (Å²) in [5.74, 6) is 0.934. The Kier molecular flexibility index (Phi) is 2.11. The molecule has 0 saturated carbocycles. The number of hydrogen-bond donors (Lipinski definition) is 1. The van der Waals surface area contributed by atoms with Gasteiger partial charge in [0.2, 0.25) is 0 Å². The molecule has 1 fully saturated rings. The SMILES string of the molecule is N#Cc1ccc(N2CCNC2)nc1. The molecule has 1 aliphatic rings. The third-order valence-electron chi connectivity index (χ3n) is 2.06. The van der Waals surface area contributed by atoms with Crippen LogP contribution in [0.1, 0.15) is 5.56 Å². The Morgan fingerprint density at radius 1 is 1.54 bits per heavy atom. The number of aromatic nitrogens is 1. The summed E-state index contributed by atoms with van der Waals surface area (Å²) in [7, 11) is 0. The minimum Gasteiger partial charge on any atom is -0.343 e. The lowest BCUT2D eigenvalue weighted by Gasteiger charge is -2.14. The number of nitrogens with one attached hydrogen (secondary N) is 1. The van der Waals surface area contributed by atoms with Gasteiger partial charge in [-0.3, -0.25) is 5.32 Å². The van der Waals surface area contributed by atoms with E-state index in [2.05, 4.69) is 15.2 Å². The van der Waals surface area contributed by atoms with Crippen LogP contribution in [-0.4, -0.2) is 24.7 Å². The van der Waals surface area contributed by atoms with Crippen molar-refractivity contribution in [2.75, 3.05) is 24.7 Å². The number of nitriles is 1. The molecule has 0 atom stereocenters. The summed E-state index contributed by atoms with van der Waals surface area (Å²) in [5.41, 5.74) is 0.607. The van der Waals surface area contributed by atoms with E-state index in [0.29, 0.717) is 5.56 Å². The molecule has 0 aromatic carbocycles. The molecular formula is C9H10N4. The second-order valence-electron chi connectivity index (χ2n) is 2.94. The van der Waals surface area contributed by atoms with Crippen LogP contribution in [0.15, 0.2) is 18.3 Å². The van der Waals surface area contributed by atoms with Crippen LogP contribution in [0.25, 0.3) is 0 Å². The summed E-state index contributed by atoms with van der Waals surface area (Å²) in [5, 5.41) is 11.8. The zero-order valence-corrected chi connectivity index (χ0v) is 7.20. The largest absolute Gasteiger partial charge is 0.343 e. The number of hydrogen-bond acceptors (Lipinski definition) is 4. The van der Waals surface area contributed by atoms with Crippen molar-refractivity contribution in [3.05, 3.63) is 23.9 Å². The van der Waals surface area contributed by atoms with Crippen molar-refractivity contribution in [3.63, 3.8) is 0 Å². The van der Waals surface area contributed by atoms with Crippen molar-refractivity contribution >= 4 is 5.82 Å². The van der Waals surface area contributed by atoms with E-state index in [0.717, 1.165) is 25.6 Å². The van der Waals surface area contributed by atoms with Gasteiger partial charge < -0.3 is 4.90 Å². The van der Waals surface area contributed by atoms with Crippen molar-refractivity contribution in [3.8, 4) is 6.07 Å². The predicted molar refractivity (Wildman–Crippen MR) is 49.2 cm³/mol. The summed E-state index contributed by atoms with van der Waals surface area (Å²) in [6.07, 6.45) is 1.60. The molecular weight excluding hydrogens is 164 g/mol. The molecule has 4 nitrogen and oxygen atoms in total. The molecule has 2 rings (SSSR count). The van der Waals surface area contributed by atoms with Gasteiger partial charge in [-0.25, -0.2) is 4.98 Å². The topological polar surface area (TPSA) is 52.0 Å². The summed E-state index contributed by atoms with van der Waals surface area (Å²) < 4.78 is 0. The monoisotopic (exact) mass is 174 g/mol. The molecule has 0 bridgehead atoms. The van der Waals surface area contributed by atoms with Gasteiger partial charge in [-0.05, 0) is 12.1 Å². The second-order valence-corrected chi connectivity index (χ2v) is 2.94. The van der Waals surface area contributed by atoms with Crippen LogP contribution in [0.2, 0.25) is 0 Å². The smallest absolute Gasteiger partial charge is 0.129 e. The number of nitrogens with zero attached hydrogens (tertiary/aromatic N) is 3. The van der Waals surface area contributed by atoms with Gasteiger partial charge in [0.15, 0.2) is 0 Å². The third-order valence-corrected chi connectivity index (χ3v) is 2.06. The maximum absolute atomic E-state index is 8.58. The average molecular weight is 174 g/mol. The van der Waals surface area contributed by atoms with Gasteiger partial charge in [0, 0.05) is 19.3 Å². The van der Waals surface area contributed by atoms with Gasteiger partial charge in [0.1, 0.15) is 11.9 Å². The normalized spacial score (nSPS) is 15.8. The average Bonchev–Trinajstić information content (AvgIpc) is 2.71. The van der Waals surface area contributed by atoms with Crippen LogP contribution in [0, 0.1) is 11.3 Å². The summed E-state index contributed by atoms with van der Waals surface area (Å²) in [6.45, 7) is 2.83. The fraction of sp³-hybridized carbons (Fsp3) is 0.333. The molecule has 1 aromatic rings. The van der Waals surface area contributed by atoms with E-state index in [1.807, 2.05) is 12.1 Å². The molecule has 1 saturated heterocycles. The van der Waals surface area contributed by atoms with Crippen molar-refractivity contribution in [2.24, 2.45) is 0 Å². The van der Waals surface area contributed by atoms with Crippen molar-refractivity contribution in [1.29, 1.82) is 5.26 Å². The zero-order valence-electron chi connectivity index (χ0n) is 7.20. The minimum atomic E-state index is 0.607. The maximum Gasteiger partial charge on any atom is 0.129 e. The van der Waals surface area contributed by atoms with Gasteiger partial charge in [-0.1, -0.05) is 0 Å². The first-order valence-electron chi connectivity index (χ1n) is 4.22. The van der Waals surface area contributed by atoms with Crippen molar-refractivity contribution in [2.45, 2.75) is 0 Å². The lowest BCUT2D eigenvalue weighted by molar-refractivity contribution is 0.849.